The highest BCUT2D eigenvalue weighted by atomic mass is 16.2. The Labute approximate surface area is 207 Å². The SMILES string of the molecule is CC1=CC(C)(C)N(C(C)C)c2cc(C)c(/C=C3\C(=O)NC(=O)N(c4ccc(C)c(C)c4)C3=O)cc21. The topological polar surface area (TPSA) is 69.7 Å². The summed E-state index contributed by atoms with van der Waals surface area (Å²) in [6, 6.07) is 9.06. The molecule has 1 saturated heterocycles. The van der Waals surface area contributed by atoms with Gasteiger partial charge in [0.15, 0.2) is 0 Å². The van der Waals surface area contributed by atoms with Gasteiger partial charge in [0.25, 0.3) is 11.8 Å². The summed E-state index contributed by atoms with van der Waals surface area (Å²) in [4.78, 5) is 42.2. The number of urea groups is 1. The number of imide groups is 2. The second kappa shape index (κ2) is 8.52. The van der Waals surface area contributed by atoms with Crippen LogP contribution in [-0.2, 0) is 9.59 Å². The van der Waals surface area contributed by atoms with Crippen LogP contribution in [0.5, 0.6) is 0 Å². The number of benzene rings is 2. The minimum absolute atomic E-state index is 0.0654. The Balaban J connectivity index is 1.81. The summed E-state index contributed by atoms with van der Waals surface area (Å²) in [5, 5.41) is 2.33. The van der Waals surface area contributed by atoms with Gasteiger partial charge in [0.1, 0.15) is 5.57 Å². The van der Waals surface area contributed by atoms with Gasteiger partial charge in [-0.25, -0.2) is 9.69 Å². The van der Waals surface area contributed by atoms with Crippen LogP contribution in [0.1, 0.15) is 62.4 Å². The summed E-state index contributed by atoms with van der Waals surface area (Å²) in [6.45, 7) is 16.7. The first-order valence-corrected chi connectivity index (χ1v) is 11.9. The average molecular weight is 472 g/mol. The molecule has 0 radical (unpaired) electrons. The van der Waals surface area contributed by atoms with E-state index in [0.29, 0.717) is 11.7 Å². The molecule has 0 unspecified atom stereocenters. The number of anilines is 2. The van der Waals surface area contributed by atoms with E-state index >= 15 is 0 Å². The summed E-state index contributed by atoms with van der Waals surface area (Å²) in [6.07, 6.45) is 3.85. The van der Waals surface area contributed by atoms with Crippen molar-refractivity contribution in [2.75, 3.05) is 9.80 Å². The predicted molar refractivity (Wildman–Crippen MR) is 141 cm³/mol. The number of nitrogens with zero attached hydrogens (tertiary/aromatic N) is 2. The largest absolute Gasteiger partial charge is 0.360 e. The fraction of sp³-hybridized carbons (Fsp3) is 0.345. The molecule has 182 valence electrons. The van der Waals surface area contributed by atoms with E-state index in [4.69, 9.17) is 0 Å². The molecule has 4 rings (SSSR count). The van der Waals surface area contributed by atoms with Crippen LogP contribution in [0.25, 0.3) is 11.6 Å². The molecule has 4 amide bonds. The van der Waals surface area contributed by atoms with E-state index < -0.39 is 17.8 Å². The fourth-order valence-electron chi connectivity index (χ4n) is 5.22. The number of amides is 4. The zero-order chi connectivity index (χ0) is 25.8. The van der Waals surface area contributed by atoms with Gasteiger partial charge in [-0.2, -0.15) is 0 Å². The second-order valence-corrected chi connectivity index (χ2v) is 10.4. The molecule has 1 N–H and O–H groups in total. The Hall–Kier alpha value is -3.67. The minimum atomic E-state index is -0.740. The lowest BCUT2D eigenvalue weighted by molar-refractivity contribution is -0.122. The molecule has 0 atom stereocenters. The van der Waals surface area contributed by atoms with Crippen LogP contribution in [0, 0.1) is 20.8 Å². The molecular weight excluding hydrogens is 438 g/mol. The molecule has 35 heavy (non-hydrogen) atoms. The highest BCUT2D eigenvalue weighted by Gasteiger charge is 2.37. The maximum atomic E-state index is 13.4. The molecule has 2 aromatic carbocycles. The summed E-state index contributed by atoms with van der Waals surface area (Å²) >= 11 is 0. The quantitative estimate of drug-likeness (QED) is 0.461. The monoisotopic (exact) mass is 471 g/mol. The zero-order valence-electron chi connectivity index (χ0n) is 21.7. The van der Waals surface area contributed by atoms with Crippen LogP contribution in [0.3, 0.4) is 0 Å². The van der Waals surface area contributed by atoms with Crippen molar-refractivity contribution in [3.8, 4) is 0 Å². The van der Waals surface area contributed by atoms with Crippen molar-refractivity contribution in [2.24, 2.45) is 0 Å². The van der Waals surface area contributed by atoms with Crippen molar-refractivity contribution in [2.45, 2.75) is 67.0 Å². The highest BCUT2D eigenvalue weighted by molar-refractivity contribution is 6.39. The van der Waals surface area contributed by atoms with Crippen molar-refractivity contribution >= 4 is 40.9 Å². The third kappa shape index (κ3) is 4.18. The predicted octanol–water partition coefficient (Wildman–Crippen LogP) is 5.69. The van der Waals surface area contributed by atoms with Crippen LogP contribution in [0.15, 0.2) is 42.0 Å². The van der Waals surface area contributed by atoms with Crippen LogP contribution in [0.2, 0.25) is 0 Å². The van der Waals surface area contributed by atoms with Crippen LogP contribution < -0.4 is 15.1 Å². The Morgan fingerprint density at radius 1 is 0.914 bits per heavy atom. The first kappa shape index (κ1) is 24.5. The van der Waals surface area contributed by atoms with Gasteiger partial charge in [-0.05, 0) is 114 Å². The van der Waals surface area contributed by atoms with E-state index in [1.807, 2.05) is 32.9 Å². The van der Waals surface area contributed by atoms with Gasteiger partial charge in [0, 0.05) is 17.3 Å². The molecule has 6 heteroatoms. The van der Waals surface area contributed by atoms with Crippen molar-refractivity contribution < 1.29 is 14.4 Å². The molecular formula is C29H33N3O3. The van der Waals surface area contributed by atoms with Gasteiger partial charge in [-0.3, -0.25) is 14.9 Å². The van der Waals surface area contributed by atoms with E-state index in [9.17, 15) is 14.4 Å². The van der Waals surface area contributed by atoms with Crippen molar-refractivity contribution in [1.29, 1.82) is 0 Å². The summed E-state index contributed by atoms with van der Waals surface area (Å²) in [5.41, 5.74) is 7.31. The van der Waals surface area contributed by atoms with E-state index in [-0.39, 0.29) is 11.1 Å². The number of rotatable bonds is 3. The number of carbonyl (C=O) groups is 3. The number of carbonyl (C=O) groups excluding carboxylic acids is 3. The van der Waals surface area contributed by atoms with Gasteiger partial charge in [0.2, 0.25) is 0 Å². The summed E-state index contributed by atoms with van der Waals surface area (Å²) in [7, 11) is 0. The third-order valence-electron chi connectivity index (χ3n) is 6.93. The van der Waals surface area contributed by atoms with E-state index in [1.165, 1.54) is 0 Å². The Bertz CT molecular complexity index is 1330. The standard InChI is InChI=1S/C29H33N3O3/c1-16(2)32-25-12-19(5)21(13-23(25)20(6)15-29(32,7)8)14-24-26(33)30-28(35)31(27(24)34)22-10-9-17(3)18(4)11-22/h9-16H,1-8H3,(H,30,33,35)/b24-14+. The zero-order valence-corrected chi connectivity index (χ0v) is 21.7. The smallest absolute Gasteiger partial charge is 0.335 e. The lowest BCUT2D eigenvalue weighted by atomic mass is 9.85. The van der Waals surface area contributed by atoms with Gasteiger partial charge < -0.3 is 4.90 Å². The van der Waals surface area contributed by atoms with Gasteiger partial charge in [-0.1, -0.05) is 12.1 Å². The first-order chi connectivity index (χ1) is 16.3. The van der Waals surface area contributed by atoms with E-state index in [2.05, 4.69) is 57.0 Å². The van der Waals surface area contributed by atoms with Crippen LogP contribution in [-0.4, -0.2) is 29.4 Å². The molecule has 2 aromatic rings. The molecule has 0 aromatic heterocycles. The number of nitrogens with one attached hydrogen (secondary N) is 1. The average Bonchev–Trinajstić information content (AvgIpc) is 2.73. The maximum Gasteiger partial charge on any atom is 0.335 e. The Morgan fingerprint density at radius 3 is 2.23 bits per heavy atom. The Kier molecular flexibility index (Phi) is 5.95. The molecule has 2 aliphatic heterocycles. The molecule has 6 nitrogen and oxygen atoms in total. The van der Waals surface area contributed by atoms with E-state index in [0.717, 1.165) is 44.0 Å². The number of aryl methyl sites for hydroxylation is 3. The van der Waals surface area contributed by atoms with Crippen molar-refractivity contribution in [1.82, 2.24) is 5.32 Å². The van der Waals surface area contributed by atoms with Gasteiger partial charge in [-0.15, -0.1) is 0 Å². The van der Waals surface area contributed by atoms with Crippen LogP contribution in [0.4, 0.5) is 16.2 Å². The number of fused-ring (bicyclic) bond motifs is 1. The normalized spacial score (nSPS) is 18.7. The minimum Gasteiger partial charge on any atom is -0.360 e. The highest BCUT2D eigenvalue weighted by Crippen LogP contribution is 2.42. The van der Waals surface area contributed by atoms with Crippen molar-refractivity contribution in [3.63, 3.8) is 0 Å². The molecule has 1 fully saturated rings. The number of hydrogen-bond acceptors (Lipinski definition) is 4. The second-order valence-electron chi connectivity index (χ2n) is 10.4. The van der Waals surface area contributed by atoms with E-state index in [1.54, 1.807) is 18.2 Å². The van der Waals surface area contributed by atoms with Gasteiger partial charge >= 0.3 is 6.03 Å². The first-order valence-electron chi connectivity index (χ1n) is 11.9. The molecule has 2 heterocycles. The number of allylic oxidation sites excluding steroid dienone is 1. The lowest BCUT2D eigenvalue weighted by Crippen LogP contribution is -2.54. The number of barbiturate groups is 1. The molecule has 0 aliphatic carbocycles. The molecule has 2 aliphatic rings. The third-order valence-corrected chi connectivity index (χ3v) is 6.93. The van der Waals surface area contributed by atoms with Crippen molar-refractivity contribution in [3.05, 3.63) is 69.8 Å². The maximum absolute atomic E-state index is 13.4. The molecule has 0 saturated carbocycles. The summed E-state index contributed by atoms with van der Waals surface area (Å²) in [5.74, 6) is -1.31. The molecule has 0 spiro atoms. The molecule has 0 bridgehead atoms. The Morgan fingerprint density at radius 2 is 1.60 bits per heavy atom. The summed E-state index contributed by atoms with van der Waals surface area (Å²) < 4.78 is 0. The van der Waals surface area contributed by atoms with Gasteiger partial charge in [0.05, 0.1) is 11.2 Å². The fourth-order valence-corrected chi connectivity index (χ4v) is 5.22. The van der Waals surface area contributed by atoms with Crippen LogP contribution >= 0.6 is 0 Å². The number of hydrogen-bond donors (Lipinski definition) is 1. The lowest BCUT2D eigenvalue weighted by Gasteiger charge is -2.46.